The molecule has 0 bridgehead atoms. The van der Waals surface area contributed by atoms with Gasteiger partial charge in [-0.05, 0) is 74.5 Å². The smallest absolute Gasteiger partial charge is 0.343 e. The minimum absolute atomic E-state index is 0.0500. The minimum Gasteiger partial charge on any atom is -0.459 e. The second-order valence-corrected chi connectivity index (χ2v) is 9.22. The van der Waals surface area contributed by atoms with Crippen molar-refractivity contribution in [3.8, 4) is 5.75 Å². The summed E-state index contributed by atoms with van der Waals surface area (Å²) in [6.07, 6.45) is -0.300. The van der Waals surface area contributed by atoms with Crippen LogP contribution >= 0.6 is 0 Å². The largest absolute Gasteiger partial charge is 0.459 e. The van der Waals surface area contributed by atoms with Gasteiger partial charge in [0.25, 0.3) is 0 Å². The van der Waals surface area contributed by atoms with Crippen molar-refractivity contribution in [2.75, 3.05) is 18.1 Å². The SMILES string of the molecule is CC(C)OC(=O)c1ccc(N2C[C@H](C(=O)OCC(=O)c3ccc(OC(=O)c4ccccc4)cc3)CC2=O)cc1. The van der Waals surface area contributed by atoms with Crippen LogP contribution in [0.1, 0.15) is 51.3 Å². The van der Waals surface area contributed by atoms with Crippen molar-refractivity contribution in [1.29, 1.82) is 0 Å². The van der Waals surface area contributed by atoms with E-state index >= 15 is 0 Å². The van der Waals surface area contributed by atoms with Crippen LogP contribution in [-0.4, -0.2) is 48.9 Å². The summed E-state index contributed by atoms with van der Waals surface area (Å²) in [5.41, 5.74) is 1.58. The molecule has 1 heterocycles. The lowest BCUT2D eigenvalue weighted by molar-refractivity contribution is -0.147. The number of hydrogen-bond donors (Lipinski definition) is 0. The van der Waals surface area contributed by atoms with Gasteiger partial charge in [-0.15, -0.1) is 0 Å². The number of nitrogens with zero attached hydrogens (tertiary/aromatic N) is 1. The van der Waals surface area contributed by atoms with Crippen LogP contribution in [0.15, 0.2) is 78.9 Å². The van der Waals surface area contributed by atoms with E-state index in [0.29, 0.717) is 16.8 Å². The van der Waals surface area contributed by atoms with E-state index < -0.39 is 36.2 Å². The fraction of sp³-hybridized carbons (Fsp3) is 0.233. The maximum Gasteiger partial charge on any atom is 0.343 e. The third-order valence-electron chi connectivity index (χ3n) is 5.96. The summed E-state index contributed by atoms with van der Waals surface area (Å²) >= 11 is 0. The van der Waals surface area contributed by atoms with Gasteiger partial charge in [0.1, 0.15) is 5.75 Å². The highest BCUT2D eigenvalue weighted by Gasteiger charge is 2.36. The van der Waals surface area contributed by atoms with E-state index in [1.54, 1.807) is 68.4 Å². The van der Waals surface area contributed by atoms with Crippen LogP contribution in [0.2, 0.25) is 0 Å². The van der Waals surface area contributed by atoms with E-state index in [4.69, 9.17) is 14.2 Å². The Balaban J connectivity index is 1.27. The molecule has 0 aliphatic carbocycles. The van der Waals surface area contributed by atoms with Crippen LogP contribution in [0.4, 0.5) is 5.69 Å². The number of carbonyl (C=O) groups is 5. The molecule has 1 aliphatic rings. The van der Waals surface area contributed by atoms with Crippen LogP contribution < -0.4 is 9.64 Å². The highest BCUT2D eigenvalue weighted by Crippen LogP contribution is 2.26. The van der Waals surface area contributed by atoms with Gasteiger partial charge in [-0.25, -0.2) is 9.59 Å². The number of benzene rings is 3. The quantitative estimate of drug-likeness (QED) is 0.230. The van der Waals surface area contributed by atoms with Crippen LogP contribution in [0.25, 0.3) is 0 Å². The maximum atomic E-state index is 12.6. The summed E-state index contributed by atoms with van der Waals surface area (Å²) in [7, 11) is 0. The second kappa shape index (κ2) is 12.2. The third-order valence-corrected chi connectivity index (χ3v) is 5.96. The topological polar surface area (TPSA) is 116 Å². The highest BCUT2D eigenvalue weighted by molar-refractivity contribution is 6.01. The molecule has 1 saturated heterocycles. The summed E-state index contributed by atoms with van der Waals surface area (Å²) in [5.74, 6) is -2.78. The second-order valence-electron chi connectivity index (χ2n) is 9.22. The van der Waals surface area contributed by atoms with Crippen molar-refractivity contribution >= 4 is 35.3 Å². The predicted octanol–water partition coefficient (Wildman–Crippen LogP) is 4.25. The number of esters is 3. The number of rotatable bonds is 9. The van der Waals surface area contributed by atoms with Crippen LogP contribution in [-0.2, 0) is 19.1 Å². The Hall–Kier alpha value is -4.79. The molecule has 0 saturated carbocycles. The first-order valence-corrected chi connectivity index (χ1v) is 12.4. The zero-order valence-electron chi connectivity index (χ0n) is 21.5. The van der Waals surface area contributed by atoms with Crippen LogP contribution in [0, 0.1) is 5.92 Å². The van der Waals surface area contributed by atoms with Gasteiger partial charge in [-0.1, -0.05) is 18.2 Å². The normalized spacial score (nSPS) is 14.7. The molecule has 1 atom stereocenters. The summed E-state index contributed by atoms with van der Waals surface area (Å²) in [6.45, 7) is 3.12. The Bertz CT molecular complexity index is 1360. The Morgan fingerprint density at radius 3 is 2.08 bits per heavy atom. The van der Waals surface area contributed by atoms with Gasteiger partial charge in [0.15, 0.2) is 12.4 Å². The number of anilines is 1. The third kappa shape index (κ3) is 6.95. The summed E-state index contributed by atoms with van der Waals surface area (Å²) in [6, 6.07) is 20.8. The molecular formula is C30H27NO8. The first-order chi connectivity index (χ1) is 18.7. The maximum absolute atomic E-state index is 12.6. The van der Waals surface area contributed by atoms with Crippen molar-refractivity contribution in [2.24, 2.45) is 5.92 Å². The lowest BCUT2D eigenvalue weighted by Gasteiger charge is -2.17. The Morgan fingerprint density at radius 2 is 1.44 bits per heavy atom. The van der Waals surface area contributed by atoms with Crippen molar-refractivity contribution in [3.05, 3.63) is 95.6 Å². The van der Waals surface area contributed by atoms with Crippen LogP contribution in [0.3, 0.4) is 0 Å². The summed E-state index contributed by atoms with van der Waals surface area (Å²) in [4.78, 5) is 63.3. The molecule has 3 aromatic carbocycles. The summed E-state index contributed by atoms with van der Waals surface area (Å²) in [5, 5.41) is 0. The molecule has 1 amide bonds. The molecule has 0 radical (unpaired) electrons. The number of ether oxygens (including phenoxy) is 3. The molecule has 9 heteroatoms. The van der Waals surface area contributed by atoms with Gasteiger partial charge in [0, 0.05) is 24.2 Å². The number of amides is 1. The van der Waals surface area contributed by atoms with Crippen molar-refractivity contribution in [3.63, 3.8) is 0 Å². The van der Waals surface area contributed by atoms with Gasteiger partial charge in [-0.3, -0.25) is 14.4 Å². The standard InChI is InChI=1S/C30H27NO8/c1-19(2)38-29(35)22-8-12-24(13-9-22)31-17-23(16-27(31)33)28(34)37-18-26(32)20-10-14-25(15-11-20)39-30(36)21-6-4-3-5-7-21/h3-15,19,23H,16-18H2,1-2H3/t23-/m1/s1. The number of ketones is 1. The van der Waals surface area contributed by atoms with Crippen LogP contribution in [0.5, 0.6) is 5.75 Å². The Labute approximate surface area is 225 Å². The Morgan fingerprint density at radius 1 is 0.821 bits per heavy atom. The average molecular weight is 530 g/mol. The molecular weight excluding hydrogens is 502 g/mol. The zero-order chi connectivity index (χ0) is 27.9. The molecule has 0 aromatic heterocycles. The average Bonchev–Trinajstić information content (AvgIpc) is 3.33. The molecule has 39 heavy (non-hydrogen) atoms. The lowest BCUT2D eigenvalue weighted by Crippen LogP contribution is -2.27. The molecule has 9 nitrogen and oxygen atoms in total. The van der Waals surface area contributed by atoms with Gasteiger partial charge in [0.05, 0.1) is 23.1 Å². The monoisotopic (exact) mass is 529 g/mol. The fourth-order valence-corrected chi connectivity index (χ4v) is 3.96. The van der Waals surface area contributed by atoms with E-state index in [9.17, 15) is 24.0 Å². The van der Waals surface area contributed by atoms with E-state index in [1.807, 2.05) is 0 Å². The van der Waals surface area contributed by atoms with Crippen molar-refractivity contribution in [1.82, 2.24) is 0 Å². The van der Waals surface area contributed by atoms with E-state index in [2.05, 4.69) is 0 Å². The van der Waals surface area contributed by atoms with Gasteiger partial charge >= 0.3 is 17.9 Å². The fourth-order valence-electron chi connectivity index (χ4n) is 3.96. The van der Waals surface area contributed by atoms with Gasteiger partial charge < -0.3 is 19.1 Å². The van der Waals surface area contributed by atoms with E-state index in [0.717, 1.165) is 0 Å². The van der Waals surface area contributed by atoms with Crippen molar-refractivity contribution < 1.29 is 38.2 Å². The van der Waals surface area contributed by atoms with Gasteiger partial charge in [-0.2, -0.15) is 0 Å². The molecule has 0 unspecified atom stereocenters. The Kier molecular flexibility index (Phi) is 8.50. The number of hydrogen-bond acceptors (Lipinski definition) is 8. The molecule has 3 aromatic rings. The number of carbonyl (C=O) groups excluding carboxylic acids is 5. The van der Waals surface area contributed by atoms with E-state index in [1.165, 1.54) is 29.2 Å². The molecule has 0 N–H and O–H groups in total. The van der Waals surface area contributed by atoms with Crippen molar-refractivity contribution in [2.45, 2.75) is 26.4 Å². The predicted molar refractivity (Wildman–Crippen MR) is 141 cm³/mol. The molecule has 1 fully saturated rings. The van der Waals surface area contributed by atoms with E-state index in [-0.39, 0.29) is 36.3 Å². The number of Topliss-reactive ketones (excluding diaryl/α,β-unsaturated/α-hetero) is 1. The first kappa shape index (κ1) is 27.3. The van der Waals surface area contributed by atoms with Gasteiger partial charge in [0.2, 0.25) is 5.91 Å². The minimum atomic E-state index is -0.726. The molecule has 200 valence electrons. The molecule has 0 spiro atoms. The molecule has 1 aliphatic heterocycles. The zero-order valence-corrected chi connectivity index (χ0v) is 21.5. The lowest BCUT2D eigenvalue weighted by atomic mass is 10.1. The first-order valence-electron chi connectivity index (χ1n) is 12.4. The summed E-state index contributed by atoms with van der Waals surface area (Å²) < 4.78 is 15.7. The molecule has 4 rings (SSSR count). The highest BCUT2D eigenvalue weighted by atomic mass is 16.5.